The van der Waals surface area contributed by atoms with Crippen molar-refractivity contribution in [2.45, 2.75) is 58.3 Å². The van der Waals surface area contributed by atoms with Crippen molar-refractivity contribution >= 4 is 39.7 Å². The summed E-state index contributed by atoms with van der Waals surface area (Å²) < 4.78 is 29.2. The summed E-state index contributed by atoms with van der Waals surface area (Å²) in [4.78, 5) is 0. The van der Waals surface area contributed by atoms with Crippen molar-refractivity contribution in [3.8, 4) is 0 Å². The van der Waals surface area contributed by atoms with Gasteiger partial charge in [-0.3, -0.25) is 4.55 Å². The summed E-state index contributed by atoms with van der Waals surface area (Å²) in [5.41, 5.74) is 0. The van der Waals surface area contributed by atoms with E-state index in [1.807, 2.05) is 6.08 Å². The van der Waals surface area contributed by atoms with Gasteiger partial charge in [0.15, 0.2) is 0 Å². The van der Waals surface area contributed by atoms with Crippen LogP contribution in [0, 0.1) is 0 Å². The van der Waals surface area contributed by atoms with Crippen molar-refractivity contribution in [2.75, 3.05) is 5.75 Å². The number of hydrogen-bond donors (Lipinski definition) is 1. The van der Waals surface area contributed by atoms with Crippen LogP contribution in [0.1, 0.15) is 58.3 Å². The molecular weight excluding hydrogens is 247 g/mol. The van der Waals surface area contributed by atoms with Gasteiger partial charge in [-0.1, -0.05) is 57.6 Å². The van der Waals surface area contributed by atoms with Crippen LogP contribution in [0.4, 0.5) is 0 Å². The van der Waals surface area contributed by atoms with Gasteiger partial charge in [0.2, 0.25) is 0 Å². The Hall–Kier alpha value is 0.650. The van der Waals surface area contributed by atoms with Crippen LogP contribution in [0.2, 0.25) is 0 Å². The molecule has 0 aromatic carbocycles. The molecule has 0 rings (SSSR count). The summed E-state index contributed by atoms with van der Waals surface area (Å²) in [6, 6.07) is 0. The summed E-state index contributed by atoms with van der Waals surface area (Å²) in [5, 5.41) is 0. The van der Waals surface area contributed by atoms with E-state index in [1.54, 1.807) is 0 Å². The van der Waals surface area contributed by atoms with E-state index >= 15 is 0 Å². The van der Waals surface area contributed by atoms with Gasteiger partial charge in [-0.05, 0) is 12.8 Å². The van der Waals surface area contributed by atoms with Gasteiger partial charge in [-0.2, -0.15) is 8.42 Å². The first-order valence-electron chi connectivity index (χ1n) is 6.16. The molecule has 0 aliphatic heterocycles. The number of rotatable bonds is 10. The average Bonchev–Trinajstić information content (AvgIpc) is 2.19. The molecule has 0 aliphatic rings. The van der Waals surface area contributed by atoms with Crippen LogP contribution in [-0.4, -0.2) is 48.3 Å². The van der Waals surface area contributed by atoms with Gasteiger partial charge in [0.05, 0.1) is 5.75 Å². The van der Waals surface area contributed by atoms with E-state index in [9.17, 15) is 8.42 Å². The van der Waals surface area contributed by atoms with Crippen molar-refractivity contribution in [3.05, 3.63) is 12.2 Å². The molecule has 17 heavy (non-hydrogen) atoms. The molecule has 1 N–H and O–H groups in total. The Morgan fingerprint density at radius 3 is 2.00 bits per heavy atom. The van der Waals surface area contributed by atoms with Crippen molar-refractivity contribution in [3.63, 3.8) is 0 Å². The second-order valence-corrected chi connectivity index (χ2v) is 5.63. The van der Waals surface area contributed by atoms with Gasteiger partial charge < -0.3 is 0 Å². The Kier molecular flexibility index (Phi) is 15.4. The minimum atomic E-state index is -3.82. The molecular formula is C12H25NaO3S. The molecule has 0 saturated heterocycles. The zero-order chi connectivity index (χ0) is 12.3. The fourth-order valence-electron chi connectivity index (χ4n) is 1.53. The van der Waals surface area contributed by atoms with E-state index in [4.69, 9.17) is 4.55 Å². The maximum atomic E-state index is 10.4. The second kappa shape index (κ2) is 13.1. The molecule has 0 spiro atoms. The first-order valence-corrected chi connectivity index (χ1v) is 7.77. The summed E-state index contributed by atoms with van der Waals surface area (Å²) in [6.07, 6.45) is 13.1. The predicted octanol–water partition coefficient (Wildman–Crippen LogP) is 2.92. The maximum absolute atomic E-state index is 10.4. The summed E-state index contributed by atoms with van der Waals surface area (Å²) in [7, 11) is -3.82. The predicted molar refractivity (Wildman–Crippen MR) is 75.3 cm³/mol. The van der Waals surface area contributed by atoms with E-state index in [-0.39, 0.29) is 35.3 Å². The topological polar surface area (TPSA) is 54.4 Å². The third-order valence-electron chi connectivity index (χ3n) is 2.45. The van der Waals surface area contributed by atoms with Crippen LogP contribution >= 0.6 is 0 Å². The van der Waals surface area contributed by atoms with Crippen molar-refractivity contribution in [1.29, 1.82) is 0 Å². The second-order valence-electron chi connectivity index (χ2n) is 4.13. The quantitative estimate of drug-likeness (QED) is 0.288. The van der Waals surface area contributed by atoms with Crippen LogP contribution in [0.25, 0.3) is 0 Å². The minimum absolute atomic E-state index is 0. The molecule has 0 aromatic rings. The number of allylic oxidation sites excluding steroid dienone is 1. The standard InChI is InChI=1S/C12H24O3S.Na.H/c1-2-3-4-5-6-7-8-9-10-11-12-16(13,14)15;;/h10-11H,2-9,12H2,1H3,(H,13,14,15);;/b11-10+;;. The first-order chi connectivity index (χ1) is 7.56. The van der Waals surface area contributed by atoms with Gasteiger partial charge in [0.25, 0.3) is 10.1 Å². The third kappa shape index (κ3) is 19.2. The van der Waals surface area contributed by atoms with Crippen LogP contribution in [0.3, 0.4) is 0 Å². The molecule has 3 nitrogen and oxygen atoms in total. The zero-order valence-electron chi connectivity index (χ0n) is 10.2. The van der Waals surface area contributed by atoms with E-state index < -0.39 is 10.1 Å². The van der Waals surface area contributed by atoms with Crippen molar-refractivity contribution in [1.82, 2.24) is 0 Å². The van der Waals surface area contributed by atoms with Gasteiger partial charge in [-0.25, -0.2) is 0 Å². The summed E-state index contributed by atoms with van der Waals surface area (Å²) in [5.74, 6) is -0.260. The Morgan fingerprint density at radius 1 is 0.941 bits per heavy atom. The average molecular weight is 272 g/mol. The monoisotopic (exact) mass is 272 g/mol. The van der Waals surface area contributed by atoms with E-state index in [2.05, 4.69) is 6.92 Å². The third-order valence-corrected chi connectivity index (χ3v) is 3.06. The van der Waals surface area contributed by atoms with E-state index in [0.29, 0.717) is 0 Å². The molecule has 5 heteroatoms. The molecule has 0 bridgehead atoms. The van der Waals surface area contributed by atoms with E-state index in [1.165, 1.54) is 44.6 Å². The zero-order valence-corrected chi connectivity index (χ0v) is 11.0. The molecule has 0 aliphatic carbocycles. The summed E-state index contributed by atoms with van der Waals surface area (Å²) in [6.45, 7) is 2.21. The molecule has 0 radical (unpaired) electrons. The Bertz CT molecular complexity index is 273. The first kappa shape index (κ1) is 20.0. The van der Waals surface area contributed by atoms with Gasteiger partial charge in [0.1, 0.15) is 0 Å². The van der Waals surface area contributed by atoms with Crippen LogP contribution in [0.5, 0.6) is 0 Å². The van der Waals surface area contributed by atoms with Crippen LogP contribution in [-0.2, 0) is 10.1 Å². The van der Waals surface area contributed by atoms with Crippen molar-refractivity contribution < 1.29 is 13.0 Å². The number of unbranched alkanes of at least 4 members (excludes halogenated alkanes) is 7. The Balaban J connectivity index is 0. The molecule has 0 atom stereocenters. The van der Waals surface area contributed by atoms with Gasteiger partial charge in [-0.15, -0.1) is 0 Å². The van der Waals surface area contributed by atoms with Gasteiger partial charge in [0, 0.05) is 0 Å². The van der Waals surface area contributed by atoms with Crippen LogP contribution < -0.4 is 0 Å². The normalized spacial score (nSPS) is 11.6. The molecule has 0 aromatic heterocycles. The van der Waals surface area contributed by atoms with E-state index in [0.717, 1.165) is 12.8 Å². The molecule has 0 fully saturated rings. The molecule has 98 valence electrons. The fourth-order valence-corrected chi connectivity index (χ4v) is 1.91. The fraction of sp³-hybridized carbons (Fsp3) is 0.833. The summed E-state index contributed by atoms with van der Waals surface area (Å²) >= 11 is 0. The molecule has 0 heterocycles. The SMILES string of the molecule is CCCCCCCCC/C=C/CS(=O)(=O)O.[NaH]. The molecule has 0 unspecified atom stereocenters. The molecule has 0 saturated carbocycles. The number of hydrogen-bond acceptors (Lipinski definition) is 2. The molecule has 0 amide bonds. The van der Waals surface area contributed by atoms with Crippen molar-refractivity contribution in [2.24, 2.45) is 0 Å². The van der Waals surface area contributed by atoms with Crippen LogP contribution in [0.15, 0.2) is 12.2 Å². The Labute approximate surface area is 128 Å². The Morgan fingerprint density at radius 2 is 1.47 bits per heavy atom. The van der Waals surface area contributed by atoms with Gasteiger partial charge >= 0.3 is 29.6 Å².